The molecule has 0 nitrogen and oxygen atoms in total. The van der Waals surface area contributed by atoms with Crippen LogP contribution in [0, 0.1) is 6.08 Å². The minimum Gasteiger partial charge on any atom is -0.126 e. The van der Waals surface area contributed by atoms with Gasteiger partial charge in [-0.05, 0) is 0 Å². The molecule has 4 aromatic rings. The van der Waals surface area contributed by atoms with E-state index in [1.54, 1.807) is 27.4 Å². The van der Waals surface area contributed by atoms with Gasteiger partial charge in [-0.1, -0.05) is 66.7 Å². The fraction of sp³-hybridized carbons (Fsp3) is 0.200. The molecule has 0 atom stereocenters. The Morgan fingerprint density at radius 1 is 0.667 bits per heavy atom. The van der Waals surface area contributed by atoms with Crippen molar-refractivity contribution in [2.45, 2.75) is 38.5 Å². The van der Waals surface area contributed by atoms with Gasteiger partial charge >= 0.3 is 59.5 Å². The fourth-order valence-electron chi connectivity index (χ4n) is 4.11. The van der Waals surface area contributed by atoms with Crippen LogP contribution in [0.4, 0.5) is 0 Å². The zero-order chi connectivity index (χ0) is 21.3. The summed E-state index contributed by atoms with van der Waals surface area (Å²) in [5.74, 6) is 0. The Hall–Kier alpha value is -1.66. The van der Waals surface area contributed by atoms with Crippen LogP contribution in [0.3, 0.4) is 0 Å². The first-order chi connectivity index (χ1) is 15.3. The molecular formula is C30H28Cl2Zr-2. The number of allylic oxidation sites excluding steroid dienone is 4. The number of hydrogen-bond acceptors (Lipinski definition) is 0. The summed E-state index contributed by atoms with van der Waals surface area (Å²) >= 11 is 1.69. The molecule has 0 spiro atoms. The van der Waals surface area contributed by atoms with E-state index in [1.165, 1.54) is 64.8 Å². The zero-order valence-electron chi connectivity index (χ0n) is 18.7. The van der Waals surface area contributed by atoms with Crippen molar-refractivity contribution in [2.24, 2.45) is 0 Å². The fourth-order valence-corrected chi connectivity index (χ4v) is 4.98. The van der Waals surface area contributed by atoms with E-state index in [-0.39, 0.29) is 24.8 Å². The second-order valence-electron chi connectivity index (χ2n) is 8.06. The molecule has 6 rings (SSSR count). The van der Waals surface area contributed by atoms with Gasteiger partial charge in [-0.25, -0.2) is 6.08 Å². The van der Waals surface area contributed by atoms with Gasteiger partial charge in [-0.3, -0.25) is 6.08 Å². The molecule has 0 N–H and O–H groups in total. The molecule has 0 unspecified atom stereocenters. The number of rotatable bonds is 1. The molecule has 2 aliphatic rings. The third kappa shape index (κ3) is 7.96. The van der Waals surface area contributed by atoms with Crippen molar-refractivity contribution >= 4 is 30.3 Å². The van der Waals surface area contributed by atoms with E-state index in [9.17, 15) is 0 Å². The van der Waals surface area contributed by atoms with Gasteiger partial charge in [0, 0.05) is 0 Å². The average molecular weight is 551 g/mol. The van der Waals surface area contributed by atoms with Gasteiger partial charge in [-0.15, -0.1) is 51.7 Å². The Kier molecular flexibility index (Phi) is 12.2. The summed E-state index contributed by atoms with van der Waals surface area (Å²) in [4.78, 5) is 0. The third-order valence-corrected chi connectivity index (χ3v) is 7.01. The average Bonchev–Trinajstić information content (AvgIpc) is 3.49. The largest absolute Gasteiger partial charge is 0.126 e. The molecule has 2 aliphatic carbocycles. The summed E-state index contributed by atoms with van der Waals surface area (Å²) in [5, 5.41) is 5.39. The molecule has 0 radical (unpaired) electrons. The topological polar surface area (TPSA) is 0 Å². The summed E-state index contributed by atoms with van der Waals surface area (Å²) in [6.45, 7) is 0. The number of fused-ring (bicyclic) bond motifs is 3. The van der Waals surface area contributed by atoms with E-state index < -0.39 is 0 Å². The van der Waals surface area contributed by atoms with E-state index in [0.717, 1.165) is 6.42 Å². The van der Waals surface area contributed by atoms with Crippen LogP contribution in [0.5, 0.6) is 0 Å². The summed E-state index contributed by atoms with van der Waals surface area (Å²) in [6, 6.07) is 29.7. The molecule has 0 aliphatic heterocycles. The molecular weight excluding hydrogens is 522 g/mol. The predicted octanol–water partition coefficient (Wildman–Crippen LogP) is 2.22. The van der Waals surface area contributed by atoms with Gasteiger partial charge < -0.3 is 24.8 Å². The number of benzene rings is 3. The van der Waals surface area contributed by atoms with Crippen molar-refractivity contribution in [1.82, 2.24) is 0 Å². The van der Waals surface area contributed by atoms with Crippen LogP contribution in [0.1, 0.15) is 44.1 Å². The molecule has 3 heteroatoms. The normalized spacial score (nSPS) is 14.2. The maximum absolute atomic E-state index is 3.15. The van der Waals surface area contributed by atoms with Crippen LogP contribution in [0.2, 0.25) is 0 Å². The zero-order valence-corrected chi connectivity index (χ0v) is 22.7. The van der Waals surface area contributed by atoms with Crippen molar-refractivity contribution in [2.75, 3.05) is 0 Å². The summed E-state index contributed by atoms with van der Waals surface area (Å²) in [6.07, 6.45) is 15.7. The first-order valence-corrected chi connectivity index (χ1v) is 12.5. The SMILES string of the molecule is [C-]1=CC(c2ccccc2)=CC1.[Cl-].[Cl-].[Zr+2]=[C]1CCCCC1.c1ccc2c(c1)[cH-]c1ccccc12. The quantitative estimate of drug-likeness (QED) is 0.319. The summed E-state index contributed by atoms with van der Waals surface area (Å²) in [7, 11) is 0. The van der Waals surface area contributed by atoms with Gasteiger partial charge in [0.15, 0.2) is 0 Å². The standard InChI is InChI=1S/C13H9.C11H9.C6H10.2ClH.Zr/c1-3-7-12-10(5-1)9-11-6-2-4-8-13(11)12;1-2-6-10(7-3-1)11-8-4-5-9-11;1-2-4-6-5-3-1;;;/h1-9H;1-3,6-9H,4H2;1-5H2;2*1H;/q2*-1;;;;+2/p-2. The minimum absolute atomic E-state index is 0. The molecule has 4 aromatic carbocycles. The van der Waals surface area contributed by atoms with Crippen molar-refractivity contribution in [1.29, 1.82) is 0 Å². The number of hydrogen-bond donors (Lipinski definition) is 0. The summed E-state index contributed by atoms with van der Waals surface area (Å²) < 4.78 is 1.80. The predicted molar refractivity (Wildman–Crippen MR) is 132 cm³/mol. The molecule has 0 amide bonds. The third-order valence-electron chi connectivity index (χ3n) is 5.78. The van der Waals surface area contributed by atoms with Crippen LogP contribution >= 0.6 is 0 Å². The maximum atomic E-state index is 3.15. The Morgan fingerprint density at radius 2 is 1.21 bits per heavy atom. The van der Waals surface area contributed by atoms with E-state index >= 15 is 0 Å². The van der Waals surface area contributed by atoms with Gasteiger partial charge in [-0.2, -0.15) is 11.6 Å². The van der Waals surface area contributed by atoms with E-state index in [4.69, 9.17) is 0 Å². The second kappa shape index (κ2) is 14.6. The number of halogens is 2. The minimum atomic E-state index is 0. The monoisotopic (exact) mass is 548 g/mol. The Bertz CT molecular complexity index is 1140. The molecule has 168 valence electrons. The van der Waals surface area contributed by atoms with Crippen molar-refractivity contribution in [3.05, 3.63) is 109 Å². The summed E-state index contributed by atoms with van der Waals surface area (Å²) in [5.41, 5.74) is 2.59. The van der Waals surface area contributed by atoms with Crippen LogP contribution in [0.25, 0.3) is 27.1 Å². The molecule has 0 heterocycles. The van der Waals surface area contributed by atoms with E-state index in [0.29, 0.717) is 0 Å². The Labute approximate surface area is 225 Å². The van der Waals surface area contributed by atoms with Gasteiger partial charge in [0.05, 0.1) is 0 Å². The molecule has 33 heavy (non-hydrogen) atoms. The molecule has 1 saturated carbocycles. The molecule has 1 fully saturated rings. The smallest absolute Gasteiger partial charge is 0.0771 e. The van der Waals surface area contributed by atoms with Gasteiger partial charge in [0.25, 0.3) is 0 Å². The van der Waals surface area contributed by atoms with Crippen LogP contribution in [-0.4, -0.2) is 3.21 Å². The van der Waals surface area contributed by atoms with Crippen LogP contribution in [-0.2, 0) is 24.2 Å². The van der Waals surface area contributed by atoms with Gasteiger partial charge in [0.2, 0.25) is 0 Å². The first-order valence-electron chi connectivity index (χ1n) is 11.2. The molecule has 0 aromatic heterocycles. The van der Waals surface area contributed by atoms with Crippen molar-refractivity contribution in [3.8, 4) is 0 Å². The van der Waals surface area contributed by atoms with Crippen molar-refractivity contribution in [3.63, 3.8) is 0 Å². The Balaban J connectivity index is 0.000000177. The Morgan fingerprint density at radius 3 is 1.70 bits per heavy atom. The van der Waals surface area contributed by atoms with E-state index in [1.807, 2.05) is 6.07 Å². The molecule has 0 saturated heterocycles. The second-order valence-corrected chi connectivity index (χ2v) is 9.80. The molecule has 0 bridgehead atoms. The van der Waals surface area contributed by atoms with Gasteiger partial charge in [0.1, 0.15) is 0 Å². The van der Waals surface area contributed by atoms with Crippen molar-refractivity contribution < 1.29 is 49.0 Å². The van der Waals surface area contributed by atoms with Crippen LogP contribution < -0.4 is 24.8 Å². The first kappa shape index (κ1) is 27.6. The van der Waals surface area contributed by atoms with Crippen LogP contribution in [0.15, 0.2) is 97.1 Å². The van der Waals surface area contributed by atoms with E-state index in [2.05, 4.69) is 97.1 Å². The maximum Gasteiger partial charge on any atom is -0.0771 e.